The lowest BCUT2D eigenvalue weighted by atomic mass is 10.1. The van der Waals surface area contributed by atoms with Gasteiger partial charge >= 0.3 is 6.03 Å². The predicted octanol–water partition coefficient (Wildman–Crippen LogP) is 2.93. The summed E-state index contributed by atoms with van der Waals surface area (Å²) >= 11 is 0. The van der Waals surface area contributed by atoms with Crippen molar-refractivity contribution in [3.8, 4) is 0 Å². The number of urea groups is 1. The SMILES string of the molecule is C[C@@H](NC(=O)c1onc2c1CN(C(=O)Nc1ccc(F)c(F)c1)CC2)C(F)F. The van der Waals surface area contributed by atoms with Crippen LogP contribution in [0.4, 0.5) is 28.0 Å². The Morgan fingerprint density at radius 2 is 2.00 bits per heavy atom. The molecule has 28 heavy (non-hydrogen) atoms. The molecule has 2 N–H and O–H groups in total. The molecular weight excluding hydrogens is 384 g/mol. The number of benzene rings is 1. The molecule has 1 atom stereocenters. The molecule has 150 valence electrons. The molecule has 2 heterocycles. The molecule has 3 amide bonds. The molecule has 1 aromatic heterocycles. The van der Waals surface area contributed by atoms with Crippen molar-refractivity contribution in [3.05, 3.63) is 46.9 Å². The Labute approximate surface area is 156 Å². The van der Waals surface area contributed by atoms with Crippen molar-refractivity contribution >= 4 is 17.6 Å². The Bertz CT molecular complexity index is 903. The number of nitrogens with one attached hydrogen (secondary N) is 2. The van der Waals surface area contributed by atoms with Crippen molar-refractivity contribution in [2.45, 2.75) is 32.4 Å². The Morgan fingerprint density at radius 3 is 2.68 bits per heavy atom. The third kappa shape index (κ3) is 4.07. The molecule has 1 aromatic carbocycles. The maximum absolute atomic E-state index is 13.3. The highest BCUT2D eigenvalue weighted by Gasteiger charge is 2.31. The minimum Gasteiger partial charge on any atom is -0.350 e. The molecule has 0 bridgehead atoms. The minimum atomic E-state index is -2.75. The second-order valence-electron chi connectivity index (χ2n) is 6.26. The summed E-state index contributed by atoms with van der Waals surface area (Å²) in [4.78, 5) is 25.9. The first-order valence-corrected chi connectivity index (χ1v) is 8.33. The van der Waals surface area contributed by atoms with Gasteiger partial charge in [-0.25, -0.2) is 22.4 Å². The number of anilines is 1. The van der Waals surface area contributed by atoms with Gasteiger partial charge in [-0.2, -0.15) is 0 Å². The van der Waals surface area contributed by atoms with Crippen molar-refractivity contribution < 1.29 is 31.7 Å². The average Bonchev–Trinajstić information content (AvgIpc) is 3.07. The Kier molecular flexibility index (Phi) is 5.52. The lowest BCUT2D eigenvalue weighted by Gasteiger charge is -2.26. The van der Waals surface area contributed by atoms with Gasteiger partial charge in [0.05, 0.1) is 18.3 Å². The van der Waals surface area contributed by atoms with E-state index < -0.39 is 36.0 Å². The number of aromatic nitrogens is 1. The second kappa shape index (κ2) is 7.87. The van der Waals surface area contributed by atoms with Crippen molar-refractivity contribution in [1.29, 1.82) is 0 Å². The van der Waals surface area contributed by atoms with E-state index in [0.717, 1.165) is 19.1 Å². The lowest BCUT2D eigenvalue weighted by Crippen LogP contribution is -2.41. The van der Waals surface area contributed by atoms with E-state index in [1.807, 2.05) is 0 Å². The summed E-state index contributed by atoms with van der Waals surface area (Å²) in [6.07, 6.45) is -2.47. The fourth-order valence-electron chi connectivity index (χ4n) is 2.68. The highest BCUT2D eigenvalue weighted by atomic mass is 19.3. The Morgan fingerprint density at radius 1 is 1.25 bits per heavy atom. The molecule has 3 rings (SSSR count). The number of halogens is 4. The number of fused-ring (bicyclic) bond motifs is 1. The Balaban J connectivity index is 1.71. The number of nitrogens with zero attached hydrogens (tertiary/aromatic N) is 2. The van der Waals surface area contributed by atoms with Crippen molar-refractivity contribution in [3.63, 3.8) is 0 Å². The molecular formula is C17H16F4N4O3. The standard InChI is InChI=1S/C17H16F4N4O3/c1-8(15(20)21)22-16(26)14-10-7-25(5-4-13(10)24-28-14)17(27)23-9-2-3-11(18)12(19)6-9/h2-3,6,8,15H,4-5,7H2,1H3,(H,22,26)(H,23,27)/t8-/m1/s1. The van der Waals surface area contributed by atoms with Gasteiger partial charge in [-0.15, -0.1) is 0 Å². The van der Waals surface area contributed by atoms with Crippen molar-refractivity contribution in [1.82, 2.24) is 15.4 Å². The number of hydrogen-bond donors (Lipinski definition) is 2. The zero-order valence-electron chi connectivity index (χ0n) is 14.6. The third-order valence-electron chi connectivity index (χ3n) is 4.24. The van der Waals surface area contributed by atoms with Gasteiger partial charge in [-0.3, -0.25) is 4.79 Å². The van der Waals surface area contributed by atoms with E-state index in [4.69, 9.17) is 4.52 Å². The van der Waals surface area contributed by atoms with E-state index in [9.17, 15) is 27.2 Å². The molecule has 2 aromatic rings. The monoisotopic (exact) mass is 400 g/mol. The van der Waals surface area contributed by atoms with Gasteiger partial charge in [-0.1, -0.05) is 5.16 Å². The first-order valence-electron chi connectivity index (χ1n) is 8.33. The van der Waals surface area contributed by atoms with Crippen LogP contribution in [-0.2, 0) is 13.0 Å². The molecule has 11 heteroatoms. The highest BCUT2D eigenvalue weighted by Crippen LogP contribution is 2.23. The van der Waals surface area contributed by atoms with E-state index in [0.29, 0.717) is 11.3 Å². The fraction of sp³-hybridized carbons (Fsp3) is 0.353. The summed E-state index contributed by atoms with van der Waals surface area (Å²) in [6.45, 7) is 1.33. The van der Waals surface area contributed by atoms with Crippen molar-refractivity contribution in [2.24, 2.45) is 0 Å². The fourth-order valence-corrected chi connectivity index (χ4v) is 2.68. The maximum atomic E-state index is 13.3. The van der Waals surface area contributed by atoms with Gasteiger partial charge < -0.3 is 20.1 Å². The summed E-state index contributed by atoms with van der Waals surface area (Å²) in [6, 6.07) is 0.934. The highest BCUT2D eigenvalue weighted by molar-refractivity contribution is 5.94. The molecule has 0 unspecified atom stereocenters. The maximum Gasteiger partial charge on any atom is 0.322 e. The van der Waals surface area contributed by atoms with Gasteiger partial charge in [0.15, 0.2) is 11.6 Å². The summed E-state index contributed by atoms with van der Waals surface area (Å²) in [5.41, 5.74) is 0.820. The van der Waals surface area contributed by atoms with Crippen LogP contribution in [0.2, 0.25) is 0 Å². The van der Waals surface area contributed by atoms with Crippen LogP contribution in [0.3, 0.4) is 0 Å². The average molecular weight is 400 g/mol. The minimum absolute atomic E-state index is 0.0554. The van der Waals surface area contributed by atoms with Gasteiger partial charge in [-0.05, 0) is 19.1 Å². The zero-order chi connectivity index (χ0) is 20.4. The number of hydrogen-bond acceptors (Lipinski definition) is 4. The van der Waals surface area contributed by atoms with Crippen LogP contribution in [0.1, 0.15) is 28.7 Å². The zero-order valence-corrected chi connectivity index (χ0v) is 14.6. The number of carbonyl (C=O) groups is 2. The molecule has 0 saturated heterocycles. The quantitative estimate of drug-likeness (QED) is 0.773. The molecule has 0 spiro atoms. The molecule has 0 saturated carbocycles. The first-order chi connectivity index (χ1) is 13.3. The number of amides is 3. The van der Waals surface area contributed by atoms with E-state index in [-0.39, 0.29) is 31.0 Å². The van der Waals surface area contributed by atoms with Crippen LogP contribution in [0, 0.1) is 11.6 Å². The molecule has 1 aliphatic rings. The van der Waals surface area contributed by atoms with Gasteiger partial charge in [0.25, 0.3) is 12.3 Å². The molecule has 1 aliphatic heterocycles. The molecule has 0 radical (unpaired) electrons. The first kappa shape index (κ1) is 19.6. The summed E-state index contributed by atoms with van der Waals surface area (Å²) < 4.78 is 56.5. The van der Waals surface area contributed by atoms with Crippen LogP contribution in [0.15, 0.2) is 22.7 Å². The summed E-state index contributed by atoms with van der Waals surface area (Å²) in [7, 11) is 0. The van der Waals surface area contributed by atoms with Crippen LogP contribution >= 0.6 is 0 Å². The lowest BCUT2D eigenvalue weighted by molar-refractivity contribution is 0.0749. The van der Waals surface area contributed by atoms with E-state index in [1.165, 1.54) is 11.0 Å². The van der Waals surface area contributed by atoms with Crippen molar-refractivity contribution in [2.75, 3.05) is 11.9 Å². The summed E-state index contributed by atoms with van der Waals surface area (Å²) in [5.74, 6) is -3.25. The van der Waals surface area contributed by atoms with E-state index in [1.54, 1.807) is 0 Å². The van der Waals surface area contributed by atoms with Crippen LogP contribution in [0.25, 0.3) is 0 Å². The molecule has 7 nitrogen and oxygen atoms in total. The number of alkyl halides is 2. The van der Waals surface area contributed by atoms with Gasteiger partial charge in [0, 0.05) is 30.3 Å². The van der Waals surface area contributed by atoms with E-state index in [2.05, 4.69) is 15.8 Å². The number of carbonyl (C=O) groups excluding carboxylic acids is 2. The van der Waals surface area contributed by atoms with E-state index >= 15 is 0 Å². The largest absolute Gasteiger partial charge is 0.350 e. The number of rotatable bonds is 4. The van der Waals surface area contributed by atoms with Gasteiger partial charge in [0.2, 0.25) is 5.76 Å². The van der Waals surface area contributed by atoms with Crippen LogP contribution in [-0.4, -0.2) is 41.0 Å². The normalized spacial score (nSPS) is 14.6. The second-order valence-corrected chi connectivity index (χ2v) is 6.26. The van der Waals surface area contributed by atoms with Gasteiger partial charge in [0.1, 0.15) is 0 Å². The molecule has 0 fully saturated rings. The third-order valence-corrected chi connectivity index (χ3v) is 4.24. The van der Waals surface area contributed by atoms with Crippen LogP contribution < -0.4 is 10.6 Å². The van der Waals surface area contributed by atoms with Crippen LogP contribution in [0.5, 0.6) is 0 Å². The topological polar surface area (TPSA) is 87.5 Å². The predicted molar refractivity (Wildman–Crippen MR) is 88.9 cm³/mol. The summed E-state index contributed by atoms with van der Waals surface area (Å²) in [5, 5.41) is 8.29. The molecule has 0 aliphatic carbocycles. The smallest absolute Gasteiger partial charge is 0.322 e. The Hall–Kier alpha value is -3.11.